The number of unbranched alkanes of at least 4 members (excludes halogenated alkanes) is 5. The van der Waals surface area contributed by atoms with Gasteiger partial charge in [0, 0.05) is 0 Å². The van der Waals surface area contributed by atoms with Gasteiger partial charge in [-0.15, -0.1) is 0 Å². The van der Waals surface area contributed by atoms with E-state index in [1.807, 2.05) is 0 Å². The van der Waals surface area contributed by atoms with Crippen LogP contribution in [-0.2, 0) is 0 Å². The van der Waals surface area contributed by atoms with Crippen LogP contribution in [0.4, 0.5) is 0 Å². The Labute approximate surface area is 91.7 Å². The Bertz CT molecular complexity index is 213. The Morgan fingerprint density at radius 3 is 2.07 bits per heavy atom. The summed E-state index contributed by atoms with van der Waals surface area (Å²) < 4.78 is 0. The smallest absolute Gasteiger partial charge is 0.104 e. The van der Waals surface area contributed by atoms with E-state index in [0.29, 0.717) is 17.8 Å². The Balaban J connectivity index is 3.57. The fourth-order valence-electron chi connectivity index (χ4n) is 1.43. The lowest BCUT2D eigenvalue weighted by Crippen LogP contribution is -2.10. The summed E-state index contributed by atoms with van der Waals surface area (Å²) in [5.41, 5.74) is 0.874. The molecule has 0 bridgehead atoms. The van der Waals surface area contributed by atoms with Gasteiger partial charge in [-0.25, -0.2) is 0 Å². The number of nitrogens with zero attached hydrogens (tertiary/aromatic N) is 2. The lowest BCUT2D eigenvalue weighted by atomic mass is 10.1. The molecule has 0 aliphatic carbocycles. The molecular weight excluding hydrogens is 192 g/mol. The Morgan fingerprint density at radius 1 is 0.933 bits per heavy atom. The van der Waals surface area contributed by atoms with Gasteiger partial charge in [-0.1, -0.05) is 49.3 Å². The van der Waals surface area contributed by atoms with Crippen LogP contribution in [0.2, 0.25) is 0 Å². The average molecular weight is 214 g/mol. The summed E-state index contributed by atoms with van der Waals surface area (Å²) in [6, 6.07) is 0. The second kappa shape index (κ2) is 9.49. The fourth-order valence-corrected chi connectivity index (χ4v) is 1.43. The maximum atomic E-state index is 8.66. The van der Waals surface area contributed by atoms with E-state index in [1.165, 1.54) is 25.7 Å². The Morgan fingerprint density at radius 2 is 1.53 bits per heavy atom. The summed E-state index contributed by atoms with van der Waals surface area (Å²) in [5, 5.41) is 23.3. The van der Waals surface area contributed by atoms with E-state index in [9.17, 15) is 0 Å². The topological polar surface area (TPSA) is 65.2 Å². The van der Waals surface area contributed by atoms with Crippen molar-refractivity contribution >= 4 is 11.4 Å². The Hall–Kier alpha value is -1.06. The molecule has 0 saturated heterocycles. The molecule has 0 aromatic rings. The molecule has 0 rings (SSSR count). The van der Waals surface area contributed by atoms with Crippen LogP contribution in [0, 0.1) is 0 Å². The number of rotatable bonds is 8. The highest BCUT2D eigenvalue weighted by Gasteiger charge is 2.04. The van der Waals surface area contributed by atoms with Gasteiger partial charge in [0.1, 0.15) is 11.4 Å². The van der Waals surface area contributed by atoms with E-state index in [1.54, 1.807) is 6.92 Å². The maximum absolute atomic E-state index is 8.66. The van der Waals surface area contributed by atoms with Crippen molar-refractivity contribution in [2.24, 2.45) is 10.3 Å². The minimum absolute atomic E-state index is 0.394. The standard InChI is InChI=1S/C11H22N2O2/c1-3-4-5-6-7-8-9-11(13-15)10(2)12-14/h14-15H,3-9H2,1-2H3. The molecule has 0 aromatic heterocycles. The maximum Gasteiger partial charge on any atom is 0.104 e. The molecule has 0 radical (unpaired) electrons. The summed E-state index contributed by atoms with van der Waals surface area (Å²) in [6.45, 7) is 3.82. The number of oxime groups is 2. The molecule has 88 valence electrons. The quantitative estimate of drug-likeness (QED) is 0.281. The van der Waals surface area contributed by atoms with Crippen LogP contribution >= 0.6 is 0 Å². The first kappa shape index (κ1) is 13.9. The molecule has 0 spiro atoms. The predicted octanol–water partition coefficient (Wildman–Crippen LogP) is 3.42. The van der Waals surface area contributed by atoms with Crippen molar-refractivity contribution in [3.8, 4) is 0 Å². The monoisotopic (exact) mass is 214 g/mol. The van der Waals surface area contributed by atoms with Gasteiger partial charge in [0.05, 0.1) is 0 Å². The van der Waals surface area contributed by atoms with Gasteiger partial charge in [-0.3, -0.25) is 0 Å². The van der Waals surface area contributed by atoms with Gasteiger partial charge in [0.15, 0.2) is 0 Å². The first-order chi connectivity index (χ1) is 7.26. The highest BCUT2D eigenvalue weighted by molar-refractivity contribution is 6.41. The molecule has 0 atom stereocenters. The lowest BCUT2D eigenvalue weighted by molar-refractivity contribution is 0.312. The van der Waals surface area contributed by atoms with Crippen molar-refractivity contribution in [2.45, 2.75) is 58.8 Å². The summed E-state index contributed by atoms with van der Waals surface area (Å²) >= 11 is 0. The number of hydrogen-bond donors (Lipinski definition) is 2. The van der Waals surface area contributed by atoms with Crippen LogP contribution < -0.4 is 0 Å². The number of hydrogen-bond acceptors (Lipinski definition) is 4. The lowest BCUT2D eigenvalue weighted by Gasteiger charge is -2.02. The van der Waals surface area contributed by atoms with Gasteiger partial charge >= 0.3 is 0 Å². The van der Waals surface area contributed by atoms with Crippen LogP contribution in [0.1, 0.15) is 58.8 Å². The zero-order valence-corrected chi connectivity index (χ0v) is 9.74. The third kappa shape index (κ3) is 6.94. The van der Waals surface area contributed by atoms with Crippen LogP contribution in [-0.4, -0.2) is 21.8 Å². The van der Waals surface area contributed by atoms with Gasteiger partial charge in [0.25, 0.3) is 0 Å². The second-order valence-corrected chi connectivity index (χ2v) is 3.75. The van der Waals surface area contributed by atoms with Gasteiger partial charge in [-0.05, 0) is 19.8 Å². The third-order valence-electron chi connectivity index (χ3n) is 2.46. The largest absolute Gasteiger partial charge is 0.411 e. The van der Waals surface area contributed by atoms with Crippen LogP contribution in [0.5, 0.6) is 0 Å². The van der Waals surface area contributed by atoms with Crippen molar-refractivity contribution in [3.63, 3.8) is 0 Å². The summed E-state index contributed by atoms with van der Waals surface area (Å²) in [4.78, 5) is 0. The molecule has 0 aliphatic rings. The average Bonchev–Trinajstić information content (AvgIpc) is 2.27. The van der Waals surface area contributed by atoms with Crippen molar-refractivity contribution < 1.29 is 10.4 Å². The molecule has 0 amide bonds. The molecular formula is C11H22N2O2. The summed E-state index contributed by atoms with van der Waals surface area (Å²) in [5.74, 6) is 0. The minimum Gasteiger partial charge on any atom is -0.411 e. The zero-order chi connectivity index (χ0) is 11.5. The van der Waals surface area contributed by atoms with Gasteiger partial charge in [0.2, 0.25) is 0 Å². The van der Waals surface area contributed by atoms with E-state index >= 15 is 0 Å². The molecule has 0 saturated carbocycles. The van der Waals surface area contributed by atoms with Crippen molar-refractivity contribution in [1.29, 1.82) is 0 Å². The zero-order valence-electron chi connectivity index (χ0n) is 9.74. The van der Waals surface area contributed by atoms with Crippen LogP contribution in [0.3, 0.4) is 0 Å². The van der Waals surface area contributed by atoms with Crippen LogP contribution in [0.15, 0.2) is 10.3 Å². The predicted molar refractivity (Wildman–Crippen MR) is 62.1 cm³/mol. The molecule has 4 nitrogen and oxygen atoms in total. The van der Waals surface area contributed by atoms with E-state index < -0.39 is 0 Å². The molecule has 0 aromatic carbocycles. The first-order valence-electron chi connectivity index (χ1n) is 5.66. The Kier molecular flexibility index (Phi) is 8.82. The normalized spacial score (nSPS) is 13.2. The van der Waals surface area contributed by atoms with Crippen LogP contribution in [0.25, 0.3) is 0 Å². The highest BCUT2D eigenvalue weighted by Crippen LogP contribution is 2.08. The van der Waals surface area contributed by atoms with Crippen molar-refractivity contribution in [1.82, 2.24) is 0 Å². The fraction of sp³-hybridized carbons (Fsp3) is 0.818. The first-order valence-corrected chi connectivity index (χ1v) is 5.66. The highest BCUT2D eigenvalue weighted by atomic mass is 16.4. The molecule has 4 heteroatoms. The molecule has 0 heterocycles. The molecule has 2 N–H and O–H groups in total. The minimum atomic E-state index is 0.394. The van der Waals surface area contributed by atoms with E-state index in [-0.39, 0.29) is 0 Å². The van der Waals surface area contributed by atoms with Crippen molar-refractivity contribution in [2.75, 3.05) is 0 Å². The van der Waals surface area contributed by atoms with Gasteiger partial charge in [-0.2, -0.15) is 0 Å². The molecule has 0 fully saturated rings. The molecule has 0 unspecified atom stereocenters. The van der Waals surface area contributed by atoms with E-state index in [4.69, 9.17) is 10.4 Å². The summed E-state index contributed by atoms with van der Waals surface area (Å²) in [6.07, 6.45) is 7.83. The van der Waals surface area contributed by atoms with E-state index in [0.717, 1.165) is 12.8 Å². The second-order valence-electron chi connectivity index (χ2n) is 3.75. The van der Waals surface area contributed by atoms with Gasteiger partial charge < -0.3 is 10.4 Å². The molecule has 0 aliphatic heterocycles. The third-order valence-corrected chi connectivity index (χ3v) is 2.46. The summed E-state index contributed by atoms with van der Waals surface area (Å²) in [7, 11) is 0. The SMILES string of the molecule is CCCCCCCCC(=NO)C(C)=NO. The van der Waals surface area contributed by atoms with E-state index in [2.05, 4.69) is 17.2 Å². The molecule has 15 heavy (non-hydrogen) atoms. The van der Waals surface area contributed by atoms with Crippen molar-refractivity contribution in [3.05, 3.63) is 0 Å².